The van der Waals surface area contributed by atoms with Gasteiger partial charge >= 0.3 is 0 Å². The Hall–Kier alpha value is -1.59. The van der Waals surface area contributed by atoms with E-state index < -0.39 is 5.60 Å². The van der Waals surface area contributed by atoms with Gasteiger partial charge in [0.05, 0.1) is 11.3 Å². The number of benzene rings is 1. The van der Waals surface area contributed by atoms with Crippen molar-refractivity contribution < 1.29 is 14.6 Å². The van der Waals surface area contributed by atoms with Gasteiger partial charge in [-0.15, -0.1) is 0 Å². The quantitative estimate of drug-likeness (QED) is 0.890. The number of aliphatic hydroxyl groups is 1. The highest BCUT2D eigenvalue weighted by Gasteiger charge is 2.35. The van der Waals surface area contributed by atoms with Crippen molar-refractivity contribution in [1.82, 2.24) is 4.90 Å². The van der Waals surface area contributed by atoms with Crippen LogP contribution in [0.2, 0.25) is 0 Å². The maximum atomic E-state index is 11.4. The molecule has 2 N–H and O–H groups in total. The zero-order valence-corrected chi connectivity index (χ0v) is 12.6. The van der Waals surface area contributed by atoms with E-state index in [-0.39, 0.29) is 18.6 Å². The summed E-state index contributed by atoms with van der Waals surface area (Å²) < 4.78 is 5.37. The summed E-state index contributed by atoms with van der Waals surface area (Å²) in [7, 11) is 0. The summed E-state index contributed by atoms with van der Waals surface area (Å²) in [4.78, 5) is 13.7. The van der Waals surface area contributed by atoms with E-state index in [1.54, 1.807) is 0 Å². The van der Waals surface area contributed by atoms with Crippen molar-refractivity contribution in [3.8, 4) is 5.75 Å². The zero-order chi connectivity index (χ0) is 15.0. The number of carbonyl (C=O) groups excluding carboxylic acids is 1. The SMILES string of the molecule is CC(C)(O)C1CCCN1Cc1ccc2c(c1)NC(=O)CO2. The van der Waals surface area contributed by atoms with Crippen LogP contribution in [0.5, 0.6) is 5.75 Å². The van der Waals surface area contributed by atoms with E-state index in [0.29, 0.717) is 0 Å². The van der Waals surface area contributed by atoms with Crippen LogP contribution < -0.4 is 10.1 Å². The van der Waals surface area contributed by atoms with E-state index in [2.05, 4.69) is 10.2 Å². The van der Waals surface area contributed by atoms with Gasteiger partial charge in [-0.2, -0.15) is 0 Å². The van der Waals surface area contributed by atoms with Crippen molar-refractivity contribution in [3.63, 3.8) is 0 Å². The molecule has 1 unspecified atom stereocenters. The van der Waals surface area contributed by atoms with Gasteiger partial charge in [-0.3, -0.25) is 9.69 Å². The molecule has 5 heteroatoms. The molecule has 1 amide bonds. The molecule has 0 saturated carbocycles. The molecule has 2 aliphatic rings. The molecule has 21 heavy (non-hydrogen) atoms. The van der Waals surface area contributed by atoms with Gasteiger partial charge < -0.3 is 15.2 Å². The Labute approximate surface area is 124 Å². The molecule has 2 aliphatic heterocycles. The molecule has 5 nitrogen and oxygen atoms in total. The number of amides is 1. The molecule has 1 fully saturated rings. The molecule has 114 valence electrons. The van der Waals surface area contributed by atoms with E-state index in [1.165, 1.54) is 0 Å². The second kappa shape index (κ2) is 5.31. The molecule has 0 bridgehead atoms. The predicted molar refractivity (Wildman–Crippen MR) is 80.3 cm³/mol. The minimum atomic E-state index is -0.692. The Bertz CT molecular complexity index is 551. The molecule has 1 saturated heterocycles. The highest BCUT2D eigenvalue weighted by molar-refractivity contribution is 5.95. The Morgan fingerprint density at radius 2 is 2.29 bits per heavy atom. The lowest BCUT2D eigenvalue weighted by atomic mass is 9.96. The monoisotopic (exact) mass is 290 g/mol. The van der Waals surface area contributed by atoms with E-state index in [0.717, 1.165) is 42.9 Å². The average Bonchev–Trinajstić information content (AvgIpc) is 2.86. The number of carbonyl (C=O) groups is 1. The van der Waals surface area contributed by atoms with Crippen molar-refractivity contribution in [2.24, 2.45) is 0 Å². The van der Waals surface area contributed by atoms with Gasteiger partial charge in [0.2, 0.25) is 0 Å². The number of fused-ring (bicyclic) bond motifs is 1. The van der Waals surface area contributed by atoms with Crippen LogP contribution in [-0.2, 0) is 11.3 Å². The highest BCUT2D eigenvalue weighted by atomic mass is 16.5. The number of likely N-dealkylation sites (tertiary alicyclic amines) is 1. The van der Waals surface area contributed by atoms with Crippen LogP contribution in [0.15, 0.2) is 18.2 Å². The van der Waals surface area contributed by atoms with Crippen LogP contribution in [0.3, 0.4) is 0 Å². The Kier molecular flexibility index (Phi) is 3.63. The van der Waals surface area contributed by atoms with Crippen molar-refractivity contribution in [2.75, 3.05) is 18.5 Å². The fraction of sp³-hybridized carbons (Fsp3) is 0.562. The summed E-state index contributed by atoms with van der Waals surface area (Å²) in [5.74, 6) is 0.606. The van der Waals surface area contributed by atoms with E-state index in [9.17, 15) is 9.90 Å². The first-order valence-corrected chi connectivity index (χ1v) is 7.45. The number of anilines is 1. The topological polar surface area (TPSA) is 61.8 Å². The smallest absolute Gasteiger partial charge is 0.262 e. The van der Waals surface area contributed by atoms with E-state index in [4.69, 9.17) is 4.74 Å². The van der Waals surface area contributed by atoms with E-state index in [1.807, 2.05) is 32.0 Å². The number of rotatable bonds is 3. The lowest BCUT2D eigenvalue weighted by molar-refractivity contribution is -0.118. The second-order valence-corrected chi connectivity index (χ2v) is 6.45. The normalized spacial score (nSPS) is 22.6. The Morgan fingerprint density at radius 1 is 1.48 bits per heavy atom. The zero-order valence-electron chi connectivity index (χ0n) is 12.6. The third kappa shape index (κ3) is 3.04. The van der Waals surface area contributed by atoms with Gasteiger partial charge in [-0.1, -0.05) is 6.07 Å². The molecule has 1 atom stereocenters. The first kappa shape index (κ1) is 14.4. The summed E-state index contributed by atoms with van der Waals surface area (Å²) >= 11 is 0. The Morgan fingerprint density at radius 3 is 3.05 bits per heavy atom. The summed E-state index contributed by atoms with van der Waals surface area (Å²) in [6, 6.07) is 6.07. The minimum absolute atomic E-state index is 0.0826. The van der Waals surface area contributed by atoms with Gasteiger partial charge in [0, 0.05) is 12.6 Å². The lowest BCUT2D eigenvalue weighted by Crippen LogP contribution is -2.45. The maximum absolute atomic E-state index is 11.4. The second-order valence-electron chi connectivity index (χ2n) is 6.45. The number of nitrogens with one attached hydrogen (secondary N) is 1. The van der Waals surface area contributed by atoms with Crippen LogP contribution in [0.4, 0.5) is 5.69 Å². The molecule has 1 aromatic rings. The first-order valence-electron chi connectivity index (χ1n) is 7.45. The van der Waals surface area contributed by atoms with Crippen LogP contribution in [0.25, 0.3) is 0 Å². The van der Waals surface area contributed by atoms with Gasteiger partial charge in [-0.05, 0) is 50.9 Å². The Balaban J connectivity index is 1.76. The summed E-state index contributed by atoms with van der Waals surface area (Å²) in [6.07, 6.45) is 2.13. The fourth-order valence-electron chi connectivity index (χ4n) is 3.28. The van der Waals surface area contributed by atoms with Crippen LogP contribution >= 0.6 is 0 Å². The lowest BCUT2D eigenvalue weighted by Gasteiger charge is -2.34. The van der Waals surface area contributed by atoms with Crippen LogP contribution in [0, 0.1) is 0 Å². The molecular formula is C16H22N2O3. The molecule has 2 heterocycles. The number of ether oxygens (including phenoxy) is 1. The van der Waals surface area contributed by atoms with Crippen molar-refractivity contribution in [3.05, 3.63) is 23.8 Å². The van der Waals surface area contributed by atoms with E-state index >= 15 is 0 Å². The summed E-state index contributed by atoms with van der Waals surface area (Å²) in [6.45, 7) is 5.60. The van der Waals surface area contributed by atoms with Crippen LogP contribution in [0.1, 0.15) is 32.3 Å². The first-order chi connectivity index (χ1) is 9.93. The third-order valence-corrected chi connectivity index (χ3v) is 4.24. The standard InChI is InChI=1S/C16H22N2O3/c1-16(2,20)14-4-3-7-18(14)9-11-5-6-13-12(8-11)17-15(19)10-21-13/h5-6,8,14,20H,3-4,7,9-10H2,1-2H3,(H,17,19). The summed E-state index contributed by atoms with van der Waals surface area (Å²) in [5, 5.41) is 13.1. The third-order valence-electron chi connectivity index (χ3n) is 4.24. The number of hydrogen-bond acceptors (Lipinski definition) is 4. The van der Waals surface area contributed by atoms with Crippen LogP contribution in [-0.4, -0.2) is 40.7 Å². The molecule has 1 aromatic carbocycles. The van der Waals surface area contributed by atoms with Gasteiger partial charge in [-0.25, -0.2) is 0 Å². The van der Waals surface area contributed by atoms with Gasteiger partial charge in [0.25, 0.3) is 5.91 Å². The molecular weight excluding hydrogens is 268 g/mol. The highest BCUT2D eigenvalue weighted by Crippen LogP contribution is 2.32. The molecule has 3 rings (SSSR count). The molecule has 0 radical (unpaired) electrons. The number of nitrogens with zero attached hydrogens (tertiary/aromatic N) is 1. The van der Waals surface area contributed by atoms with Gasteiger partial charge in [0.1, 0.15) is 5.75 Å². The number of hydrogen-bond donors (Lipinski definition) is 2. The van der Waals surface area contributed by atoms with Crippen molar-refractivity contribution >= 4 is 11.6 Å². The van der Waals surface area contributed by atoms with Crippen molar-refractivity contribution in [1.29, 1.82) is 0 Å². The predicted octanol–water partition coefficient (Wildman–Crippen LogP) is 1.75. The average molecular weight is 290 g/mol. The fourth-order valence-corrected chi connectivity index (χ4v) is 3.28. The molecule has 0 spiro atoms. The van der Waals surface area contributed by atoms with Crippen molar-refractivity contribution in [2.45, 2.75) is 44.9 Å². The van der Waals surface area contributed by atoms with Gasteiger partial charge in [0.15, 0.2) is 6.61 Å². The summed E-state index contributed by atoms with van der Waals surface area (Å²) in [5.41, 5.74) is 1.17. The molecule has 0 aromatic heterocycles. The largest absolute Gasteiger partial charge is 0.482 e. The maximum Gasteiger partial charge on any atom is 0.262 e. The molecule has 0 aliphatic carbocycles. The minimum Gasteiger partial charge on any atom is -0.482 e.